The van der Waals surface area contributed by atoms with Gasteiger partial charge < -0.3 is 15.2 Å². The van der Waals surface area contributed by atoms with Crippen molar-refractivity contribution in [1.29, 1.82) is 0 Å². The van der Waals surface area contributed by atoms with Crippen LogP contribution in [0.2, 0.25) is 0 Å². The van der Waals surface area contributed by atoms with Gasteiger partial charge in [-0.2, -0.15) is 0 Å². The van der Waals surface area contributed by atoms with Crippen LogP contribution in [-0.2, 0) is 23.6 Å². The van der Waals surface area contributed by atoms with Crippen LogP contribution in [0.5, 0.6) is 5.75 Å². The van der Waals surface area contributed by atoms with Crippen LogP contribution in [0.4, 0.5) is 11.6 Å². The Balaban J connectivity index is 1.63. The van der Waals surface area contributed by atoms with Crippen molar-refractivity contribution in [2.24, 2.45) is 0 Å². The smallest absolute Gasteiger partial charge is 0.270 e. The standard InChI is InChI=1S/C18H17N5O4S/c19-17-20-21-18(28-10-12-4-2-1-3-5-12)22(17)8-13-6-15(23(24)25)7-14-9-26-11-27-16(13)14/h1-7H,8-11H2,(H2,19,20). The number of nitro benzene ring substituents is 1. The van der Waals surface area contributed by atoms with Crippen LogP contribution in [0.3, 0.4) is 0 Å². The number of nitrogens with two attached hydrogens (primary N) is 1. The number of hydrogen-bond acceptors (Lipinski definition) is 8. The van der Waals surface area contributed by atoms with Gasteiger partial charge in [-0.15, -0.1) is 10.2 Å². The molecule has 144 valence electrons. The zero-order valence-corrected chi connectivity index (χ0v) is 15.6. The number of nitrogens with zero attached hydrogens (tertiary/aromatic N) is 4. The molecule has 3 aromatic rings. The summed E-state index contributed by atoms with van der Waals surface area (Å²) in [6.07, 6.45) is 0. The van der Waals surface area contributed by atoms with Gasteiger partial charge in [-0.1, -0.05) is 42.1 Å². The Bertz CT molecular complexity index is 1010. The molecule has 10 heteroatoms. The number of hydrogen-bond donors (Lipinski definition) is 1. The van der Waals surface area contributed by atoms with Gasteiger partial charge in [-0.25, -0.2) is 0 Å². The summed E-state index contributed by atoms with van der Waals surface area (Å²) in [6.45, 7) is 0.627. The third kappa shape index (κ3) is 3.78. The highest BCUT2D eigenvalue weighted by Crippen LogP contribution is 2.34. The first kappa shape index (κ1) is 18.3. The average molecular weight is 399 g/mol. The number of thioether (sulfide) groups is 1. The second kappa shape index (κ2) is 7.87. The van der Waals surface area contributed by atoms with Gasteiger partial charge >= 0.3 is 0 Å². The Hall–Kier alpha value is -3.11. The Labute approximate surface area is 164 Å². The van der Waals surface area contributed by atoms with E-state index >= 15 is 0 Å². The first-order chi connectivity index (χ1) is 13.6. The average Bonchev–Trinajstić information content (AvgIpc) is 3.06. The highest BCUT2D eigenvalue weighted by Gasteiger charge is 2.22. The van der Waals surface area contributed by atoms with Gasteiger partial charge in [0.2, 0.25) is 5.95 Å². The molecule has 1 aliphatic rings. The van der Waals surface area contributed by atoms with E-state index in [-0.39, 0.29) is 31.6 Å². The summed E-state index contributed by atoms with van der Waals surface area (Å²) < 4.78 is 12.6. The van der Waals surface area contributed by atoms with Crippen molar-refractivity contribution in [1.82, 2.24) is 14.8 Å². The van der Waals surface area contributed by atoms with Gasteiger partial charge in [0, 0.05) is 29.0 Å². The number of anilines is 1. The Kier molecular flexibility index (Phi) is 5.13. The Morgan fingerprint density at radius 1 is 1.25 bits per heavy atom. The van der Waals surface area contributed by atoms with Crippen LogP contribution < -0.4 is 10.5 Å². The fourth-order valence-corrected chi connectivity index (χ4v) is 3.85. The lowest BCUT2D eigenvalue weighted by Gasteiger charge is -2.21. The van der Waals surface area contributed by atoms with E-state index in [0.717, 1.165) is 5.56 Å². The highest BCUT2D eigenvalue weighted by molar-refractivity contribution is 7.98. The monoisotopic (exact) mass is 399 g/mol. The molecule has 0 unspecified atom stereocenters. The van der Waals surface area contributed by atoms with Crippen LogP contribution in [0.1, 0.15) is 16.7 Å². The maximum atomic E-state index is 11.3. The summed E-state index contributed by atoms with van der Waals surface area (Å²) in [5, 5.41) is 20.0. The number of aromatic nitrogens is 3. The number of nitro groups is 1. The first-order valence-electron chi connectivity index (χ1n) is 8.48. The SMILES string of the molecule is Nc1nnc(SCc2ccccc2)n1Cc1cc([N+](=O)[O-])cc2c1OCOC2. The first-order valence-corrected chi connectivity index (χ1v) is 9.46. The summed E-state index contributed by atoms with van der Waals surface area (Å²) in [5.41, 5.74) is 8.41. The van der Waals surface area contributed by atoms with E-state index in [1.165, 1.54) is 23.9 Å². The molecule has 0 fully saturated rings. The Morgan fingerprint density at radius 3 is 2.86 bits per heavy atom. The lowest BCUT2D eigenvalue weighted by molar-refractivity contribution is -0.385. The van der Waals surface area contributed by atoms with Crippen molar-refractivity contribution in [2.45, 2.75) is 24.1 Å². The maximum Gasteiger partial charge on any atom is 0.270 e. The molecular formula is C18H17N5O4S. The molecule has 28 heavy (non-hydrogen) atoms. The molecule has 0 amide bonds. The predicted molar refractivity (Wildman–Crippen MR) is 103 cm³/mol. The van der Waals surface area contributed by atoms with Crippen LogP contribution in [0.15, 0.2) is 47.6 Å². The second-order valence-corrected chi connectivity index (χ2v) is 7.10. The highest BCUT2D eigenvalue weighted by atomic mass is 32.2. The number of rotatable bonds is 6. The minimum atomic E-state index is -0.432. The second-order valence-electron chi connectivity index (χ2n) is 6.16. The molecule has 0 saturated carbocycles. The summed E-state index contributed by atoms with van der Waals surface area (Å²) >= 11 is 1.50. The third-order valence-corrected chi connectivity index (χ3v) is 5.31. The van der Waals surface area contributed by atoms with E-state index in [1.54, 1.807) is 4.57 Å². The van der Waals surface area contributed by atoms with Gasteiger partial charge in [-0.05, 0) is 5.56 Å². The molecular weight excluding hydrogens is 382 g/mol. The van der Waals surface area contributed by atoms with Crippen LogP contribution in [-0.4, -0.2) is 26.5 Å². The molecule has 0 saturated heterocycles. The minimum Gasteiger partial charge on any atom is -0.467 e. The molecule has 0 bridgehead atoms. The topological polar surface area (TPSA) is 118 Å². The molecule has 9 nitrogen and oxygen atoms in total. The molecule has 0 aliphatic carbocycles. The number of fused-ring (bicyclic) bond motifs is 1. The van der Waals surface area contributed by atoms with Crippen LogP contribution in [0, 0.1) is 10.1 Å². The minimum absolute atomic E-state index is 0.0204. The number of non-ortho nitro benzene ring substituents is 1. The molecule has 2 aromatic carbocycles. The number of benzene rings is 2. The van der Waals surface area contributed by atoms with E-state index in [0.29, 0.717) is 27.8 Å². The largest absolute Gasteiger partial charge is 0.467 e. The predicted octanol–water partition coefficient (Wildman–Crippen LogP) is 2.98. The summed E-state index contributed by atoms with van der Waals surface area (Å²) in [6, 6.07) is 12.9. The van der Waals surface area contributed by atoms with Crippen molar-refractivity contribution >= 4 is 23.4 Å². The van der Waals surface area contributed by atoms with Crippen LogP contribution >= 0.6 is 11.8 Å². The fourth-order valence-electron chi connectivity index (χ4n) is 2.95. The maximum absolute atomic E-state index is 11.3. The Morgan fingerprint density at radius 2 is 2.07 bits per heavy atom. The quantitative estimate of drug-likeness (QED) is 0.382. The van der Waals surface area contributed by atoms with Gasteiger partial charge in [-0.3, -0.25) is 14.7 Å². The van der Waals surface area contributed by atoms with Gasteiger partial charge in [0.05, 0.1) is 18.1 Å². The fraction of sp³-hybridized carbons (Fsp3) is 0.222. The zero-order chi connectivity index (χ0) is 19.5. The van der Waals surface area contributed by atoms with Gasteiger partial charge in [0.1, 0.15) is 5.75 Å². The molecule has 0 spiro atoms. The summed E-state index contributed by atoms with van der Waals surface area (Å²) in [7, 11) is 0. The zero-order valence-electron chi connectivity index (χ0n) is 14.8. The summed E-state index contributed by atoms with van der Waals surface area (Å²) in [5.74, 6) is 1.53. The summed E-state index contributed by atoms with van der Waals surface area (Å²) in [4.78, 5) is 10.9. The molecule has 4 rings (SSSR count). The number of nitrogen functional groups attached to an aromatic ring is 1. The van der Waals surface area contributed by atoms with E-state index < -0.39 is 4.92 Å². The van der Waals surface area contributed by atoms with Crippen molar-refractivity contribution in [3.8, 4) is 5.75 Å². The van der Waals surface area contributed by atoms with E-state index in [2.05, 4.69) is 10.2 Å². The normalized spacial score (nSPS) is 13.0. The molecule has 0 radical (unpaired) electrons. The van der Waals surface area contributed by atoms with Crippen molar-refractivity contribution in [3.05, 3.63) is 69.3 Å². The van der Waals surface area contributed by atoms with Gasteiger partial charge in [0.25, 0.3) is 5.69 Å². The van der Waals surface area contributed by atoms with Crippen molar-refractivity contribution < 1.29 is 14.4 Å². The van der Waals surface area contributed by atoms with Crippen molar-refractivity contribution in [3.63, 3.8) is 0 Å². The van der Waals surface area contributed by atoms with E-state index in [1.807, 2.05) is 30.3 Å². The molecule has 1 aliphatic heterocycles. The molecule has 2 N–H and O–H groups in total. The molecule has 0 atom stereocenters. The van der Waals surface area contributed by atoms with E-state index in [9.17, 15) is 10.1 Å². The third-order valence-electron chi connectivity index (χ3n) is 4.27. The molecule has 1 aromatic heterocycles. The van der Waals surface area contributed by atoms with E-state index in [4.69, 9.17) is 15.2 Å². The van der Waals surface area contributed by atoms with Crippen LogP contribution in [0.25, 0.3) is 0 Å². The lowest BCUT2D eigenvalue weighted by atomic mass is 10.1. The van der Waals surface area contributed by atoms with Crippen molar-refractivity contribution in [2.75, 3.05) is 12.5 Å². The molecule has 2 heterocycles. The van der Waals surface area contributed by atoms with Gasteiger partial charge in [0.15, 0.2) is 11.9 Å². The lowest BCUT2D eigenvalue weighted by Crippen LogP contribution is -2.15. The number of ether oxygens (including phenoxy) is 2.